The van der Waals surface area contributed by atoms with E-state index in [-0.39, 0.29) is 17.7 Å². The summed E-state index contributed by atoms with van der Waals surface area (Å²) in [5.41, 5.74) is 0.617. The Morgan fingerprint density at radius 3 is 2.60 bits per heavy atom. The highest BCUT2D eigenvalue weighted by Crippen LogP contribution is 2.25. The zero-order chi connectivity index (χ0) is 14.2. The van der Waals surface area contributed by atoms with E-state index in [2.05, 4.69) is 10.2 Å². The molecule has 3 rings (SSSR count). The molecule has 2 heterocycles. The average molecular weight is 315 g/mol. The van der Waals surface area contributed by atoms with Crippen molar-refractivity contribution in [3.63, 3.8) is 0 Å². The molecule has 1 unspecified atom stereocenters. The number of hydrogen-bond acceptors (Lipinski definition) is 6. The first kappa shape index (κ1) is 13.5. The lowest BCUT2D eigenvalue weighted by Crippen LogP contribution is -2.21. The van der Waals surface area contributed by atoms with E-state index in [1.807, 2.05) is 0 Å². The lowest BCUT2D eigenvalue weighted by molar-refractivity contribution is 0.198. The maximum atomic E-state index is 12.2. The van der Waals surface area contributed by atoms with Gasteiger partial charge >= 0.3 is 5.22 Å². The SMILES string of the molecule is O=S(=O)(c1nnc(-c2ccc(Cl)cc2)o1)C1CCOC1. The van der Waals surface area contributed by atoms with Crippen molar-refractivity contribution in [1.82, 2.24) is 10.2 Å². The van der Waals surface area contributed by atoms with Gasteiger partial charge in [-0.15, -0.1) is 5.10 Å². The van der Waals surface area contributed by atoms with Crippen molar-refractivity contribution in [2.45, 2.75) is 16.9 Å². The number of rotatable bonds is 3. The molecule has 0 saturated carbocycles. The summed E-state index contributed by atoms with van der Waals surface area (Å²) in [7, 11) is -3.63. The minimum Gasteiger partial charge on any atom is -0.408 e. The smallest absolute Gasteiger partial charge is 0.336 e. The van der Waals surface area contributed by atoms with E-state index in [0.717, 1.165) is 0 Å². The highest BCUT2D eigenvalue weighted by atomic mass is 35.5. The van der Waals surface area contributed by atoms with Gasteiger partial charge in [0.25, 0.3) is 0 Å². The molecule has 1 atom stereocenters. The standard InChI is InChI=1S/C12H11ClN2O4S/c13-9-3-1-8(2-4-9)11-14-15-12(19-11)20(16,17)10-5-6-18-7-10/h1-4,10H,5-7H2. The number of ether oxygens (including phenoxy) is 1. The van der Waals surface area contributed by atoms with E-state index >= 15 is 0 Å². The first-order chi connectivity index (χ1) is 9.57. The van der Waals surface area contributed by atoms with Crippen LogP contribution in [0.4, 0.5) is 0 Å². The predicted octanol–water partition coefficient (Wildman–Crippen LogP) is 1.95. The summed E-state index contributed by atoms with van der Waals surface area (Å²) in [5.74, 6) is 0.152. The highest BCUT2D eigenvalue weighted by molar-refractivity contribution is 7.91. The summed E-state index contributed by atoms with van der Waals surface area (Å²) in [6.07, 6.45) is 0.445. The second-order valence-electron chi connectivity index (χ2n) is 4.41. The van der Waals surface area contributed by atoms with Gasteiger partial charge in [-0.2, -0.15) is 0 Å². The van der Waals surface area contributed by atoms with E-state index in [1.165, 1.54) is 0 Å². The van der Waals surface area contributed by atoms with Crippen LogP contribution in [-0.4, -0.2) is 37.1 Å². The Kier molecular flexibility index (Phi) is 3.49. The minimum atomic E-state index is -3.63. The van der Waals surface area contributed by atoms with Crippen LogP contribution in [-0.2, 0) is 14.6 Å². The van der Waals surface area contributed by atoms with Crippen molar-refractivity contribution >= 4 is 21.4 Å². The average Bonchev–Trinajstić information content (AvgIpc) is 3.12. The molecule has 0 aliphatic carbocycles. The molecule has 1 fully saturated rings. The Morgan fingerprint density at radius 2 is 1.95 bits per heavy atom. The molecule has 0 bridgehead atoms. The van der Waals surface area contributed by atoms with Crippen molar-refractivity contribution in [3.05, 3.63) is 29.3 Å². The second-order valence-corrected chi connectivity index (χ2v) is 6.95. The molecule has 0 radical (unpaired) electrons. The molecule has 1 aromatic heterocycles. The number of sulfone groups is 1. The fraction of sp³-hybridized carbons (Fsp3) is 0.333. The third-order valence-corrected chi connectivity index (χ3v) is 5.22. The fourth-order valence-corrected chi connectivity index (χ4v) is 3.38. The van der Waals surface area contributed by atoms with Crippen LogP contribution in [0.25, 0.3) is 11.5 Å². The van der Waals surface area contributed by atoms with Crippen LogP contribution in [0.5, 0.6) is 0 Å². The molecular formula is C12H11ClN2O4S. The van der Waals surface area contributed by atoms with Gasteiger partial charge in [0.2, 0.25) is 15.7 Å². The maximum Gasteiger partial charge on any atom is 0.336 e. The van der Waals surface area contributed by atoms with Gasteiger partial charge in [0.15, 0.2) is 0 Å². The molecule has 0 N–H and O–H groups in total. The molecule has 1 saturated heterocycles. The first-order valence-electron chi connectivity index (χ1n) is 5.98. The Labute approximate surface area is 120 Å². The van der Waals surface area contributed by atoms with Crippen molar-refractivity contribution in [2.24, 2.45) is 0 Å². The monoisotopic (exact) mass is 314 g/mol. The summed E-state index contributed by atoms with van der Waals surface area (Å²) in [4.78, 5) is 0. The Balaban J connectivity index is 1.92. The van der Waals surface area contributed by atoms with Gasteiger partial charge in [0, 0.05) is 17.2 Å². The molecule has 2 aromatic rings. The van der Waals surface area contributed by atoms with Crippen molar-refractivity contribution in [2.75, 3.05) is 13.2 Å². The zero-order valence-corrected chi connectivity index (χ0v) is 11.9. The molecular weight excluding hydrogens is 304 g/mol. The first-order valence-corrected chi connectivity index (χ1v) is 7.91. The molecule has 0 amide bonds. The largest absolute Gasteiger partial charge is 0.408 e. The number of benzene rings is 1. The number of nitrogens with zero attached hydrogens (tertiary/aromatic N) is 2. The molecule has 1 aromatic carbocycles. The third-order valence-electron chi connectivity index (χ3n) is 3.07. The minimum absolute atomic E-state index is 0.152. The van der Waals surface area contributed by atoms with Crippen LogP contribution in [0.1, 0.15) is 6.42 Å². The molecule has 106 valence electrons. The van der Waals surface area contributed by atoms with Crippen LogP contribution in [0.15, 0.2) is 33.9 Å². The van der Waals surface area contributed by atoms with Gasteiger partial charge in [-0.3, -0.25) is 0 Å². The number of aromatic nitrogens is 2. The van der Waals surface area contributed by atoms with Crippen LogP contribution in [0, 0.1) is 0 Å². The summed E-state index contributed by atoms with van der Waals surface area (Å²) in [6.45, 7) is 0.600. The van der Waals surface area contributed by atoms with Crippen molar-refractivity contribution in [1.29, 1.82) is 0 Å². The number of hydrogen-bond donors (Lipinski definition) is 0. The molecule has 20 heavy (non-hydrogen) atoms. The summed E-state index contributed by atoms with van der Waals surface area (Å²) >= 11 is 5.79. The lowest BCUT2D eigenvalue weighted by Gasteiger charge is -2.04. The van der Waals surface area contributed by atoms with E-state index in [4.69, 9.17) is 20.8 Å². The molecule has 8 heteroatoms. The molecule has 1 aliphatic rings. The van der Waals surface area contributed by atoms with Crippen LogP contribution < -0.4 is 0 Å². The Hall–Kier alpha value is -1.44. The van der Waals surface area contributed by atoms with Gasteiger partial charge in [-0.25, -0.2) is 8.42 Å². The van der Waals surface area contributed by atoms with Crippen molar-refractivity contribution < 1.29 is 17.6 Å². The Morgan fingerprint density at radius 1 is 1.20 bits per heavy atom. The predicted molar refractivity (Wildman–Crippen MR) is 71.2 cm³/mol. The van der Waals surface area contributed by atoms with Gasteiger partial charge in [0.05, 0.1) is 11.9 Å². The normalized spacial score (nSPS) is 19.4. The highest BCUT2D eigenvalue weighted by Gasteiger charge is 2.35. The number of halogens is 1. The molecule has 0 spiro atoms. The van der Waals surface area contributed by atoms with E-state index < -0.39 is 15.1 Å². The molecule has 6 nitrogen and oxygen atoms in total. The van der Waals surface area contributed by atoms with Gasteiger partial charge in [0.1, 0.15) is 0 Å². The second kappa shape index (κ2) is 5.16. The quantitative estimate of drug-likeness (QED) is 0.861. The zero-order valence-electron chi connectivity index (χ0n) is 10.3. The van der Waals surface area contributed by atoms with Crippen LogP contribution in [0.2, 0.25) is 5.02 Å². The van der Waals surface area contributed by atoms with Gasteiger partial charge in [-0.05, 0) is 30.7 Å². The summed E-state index contributed by atoms with van der Waals surface area (Å²) < 4.78 is 34.8. The third kappa shape index (κ3) is 2.44. The topological polar surface area (TPSA) is 82.3 Å². The summed E-state index contributed by atoms with van der Waals surface area (Å²) in [6, 6.07) is 6.70. The maximum absolute atomic E-state index is 12.2. The lowest BCUT2D eigenvalue weighted by atomic mass is 10.2. The van der Waals surface area contributed by atoms with E-state index in [9.17, 15) is 8.42 Å². The van der Waals surface area contributed by atoms with E-state index in [0.29, 0.717) is 23.6 Å². The van der Waals surface area contributed by atoms with Crippen LogP contribution >= 0.6 is 11.6 Å². The van der Waals surface area contributed by atoms with Crippen molar-refractivity contribution in [3.8, 4) is 11.5 Å². The van der Waals surface area contributed by atoms with Crippen LogP contribution in [0.3, 0.4) is 0 Å². The van der Waals surface area contributed by atoms with Gasteiger partial charge < -0.3 is 9.15 Å². The fourth-order valence-electron chi connectivity index (χ4n) is 1.93. The van der Waals surface area contributed by atoms with E-state index in [1.54, 1.807) is 24.3 Å². The molecule has 1 aliphatic heterocycles. The Bertz CT molecular complexity index is 705. The van der Waals surface area contributed by atoms with Gasteiger partial charge in [-0.1, -0.05) is 16.7 Å². The summed E-state index contributed by atoms with van der Waals surface area (Å²) in [5, 5.41) is 7.01.